The SMILES string of the molecule is COc1cc(C(c2cc3c(cc2O)OCO3)N2CCCCC2)ccc1C=O. The number of likely N-dealkylation sites (tertiary alicyclic amines) is 1. The lowest BCUT2D eigenvalue weighted by atomic mass is 9.93. The van der Waals surface area contributed by atoms with Crippen LogP contribution < -0.4 is 14.2 Å². The molecule has 6 heteroatoms. The number of ether oxygens (including phenoxy) is 3. The van der Waals surface area contributed by atoms with Crippen molar-refractivity contribution in [3.05, 3.63) is 47.0 Å². The fourth-order valence-corrected chi connectivity index (χ4v) is 3.92. The van der Waals surface area contributed by atoms with E-state index in [0.29, 0.717) is 22.8 Å². The third-order valence-corrected chi connectivity index (χ3v) is 5.27. The molecule has 0 saturated carbocycles. The maximum absolute atomic E-state index is 11.3. The molecule has 27 heavy (non-hydrogen) atoms. The summed E-state index contributed by atoms with van der Waals surface area (Å²) in [5.41, 5.74) is 2.24. The van der Waals surface area contributed by atoms with Crippen LogP contribution in [0, 0.1) is 0 Å². The van der Waals surface area contributed by atoms with E-state index in [1.165, 1.54) is 6.42 Å². The van der Waals surface area contributed by atoms with Crippen molar-refractivity contribution >= 4 is 6.29 Å². The van der Waals surface area contributed by atoms with Gasteiger partial charge in [0.1, 0.15) is 11.5 Å². The third kappa shape index (κ3) is 3.32. The predicted octanol–water partition coefficient (Wildman–Crippen LogP) is 3.52. The van der Waals surface area contributed by atoms with E-state index in [4.69, 9.17) is 14.2 Å². The second kappa shape index (κ2) is 7.48. The number of fused-ring (bicyclic) bond motifs is 1. The number of phenolic OH excluding ortho intramolecular Hbond substituents is 1. The van der Waals surface area contributed by atoms with E-state index < -0.39 is 0 Å². The molecular weight excluding hydrogens is 346 g/mol. The average molecular weight is 369 g/mol. The van der Waals surface area contributed by atoms with Gasteiger partial charge in [-0.05, 0) is 49.7 Å². The number of carbonyl (C=O) groups excluding carboxylic acids is 1. The van der Waals surface area contributed by atoms with Crippen LogP contribution in [0.5, 0.6) is 23.0 Å². The number of aromatic hydroxyl groups is 1. The van der Waals surface area contributed by atoms with Gasteiger partial charge in [0.05, 0.1) is 18.7 Å². The normalized spacial score (nSPS) is 17.5. The quantitative estimate of drug-likeness (QED) is 0.814. The maximum Gasteiger partial charge on any atom is 0.231 e. The second-order valence-electron chi connectivity index (χ2n) is 6.88. The van der Waals surface area contributed by atoms with Crippen molar-refractivity contribution in [1.82, 2.24) is 4.90 Å². The number of methoxy groups -OCH3 is 1. The zero-order valence-corrected chi connectivity index (χ0v) is 15.3. The van der Waals surface area contributed by atoms with Gasteiger partial charge in [-0.25, -0.2) is 0 Å². The van der Waals surface area contributed by atoms with Crippen molar-refractivity contribution in [2.75, 3.05) is 27.0 Å². The minimum Gasteiger partial charge on any atom is -0.507 e. The Labute approximate surface area is 158 Å². The number of aldehydes is 1. The highest BCUT2D eigenvalue weighted by Crippen LogP contribution is 2.44. The molecule has 2 aromatic carbocycles. The molecule has 0 aromatic heterocycles. The van der Waals surface area contributed by atoms with Crippen LogP contribution in [0.25, 0.3) is 0 Å². The second-order valence-corrected chi connectivity index (χ2v) is 6.88. The van der Waals surface area contributed by atoms with Gasteiger partial charge < -0.3 is 19.3 Å². The highest BCUT2D eigenvalue weighted by molar-refractivity contribution is 5.79. The molecule has 2 aromatic rings. The molecule has 4 rings (SSSR count). The Morgan fingerprint density at radius 3 is 2.56 bits per heavy atom. The summed E-state index contributed by atoms with van der Waals surface area (Å²) < 4.78 is 16.3. The highest BCUT2D eigenvalue weighted by atomic mass is 16.7. The van der Waals surface area contributed by atoms with E-state index in [9.17, 15) is 9.90 Å². The first kappa shape index (κ1) is 17.7. The molecule has 1 atom stereocenters. The minimum atomic E-state index is -0.158. The minimum absolute atomic E-state index is 0.158. The molecule has 2 aliphatic heterocycles. The Morgan fingerprint density at radius 1 is 1.11 bits per heavy atom. The summed E-state index contributed by atoms with van der Waals surface area (Å²) in [7, 11) is 1.56. The standard InChI is InChI=1S/C21H23NO5/c1-25-18-9-14(5-6-15(18)12-23)21(22-7-3-2-4-8-22)16-10-19-20(11-17(16)24)27-13-26-19/h5-6,9-12,21,24H,2-4,7-8,13H2,1H3. The van der Waals surface area contributed by atoms with E-state index in [1.54, 1.807) is 19.2 Å². The van der Waals surface area contributed by atoms with Gasteiger partial charge in [-0.1, -0.05) is 12.5 Å². The van der Waals surface area contributed by atoms with Crippen LogP contribution in [0.4, 0.5) is 0 Å². The molecule has 0 spiro atoms. The maximum atomic E-state index is 11.3. The molecule has 1 unspecified atom stereocenters. The summed E-state index contributed by atoms with van der Waals surface area (Å²) in [5.74, 6) is 1.90. The van der Waals surface area contributed by atoms with Crippen molar-refractivity contribution in [3.63, 3.8) is 0 Å². The molecule has 0 bridgehead atoms. The summed E-state index contributed by atoms with van der Waals surface area (Å²) in [6.45, 7) is 2.04. The Balaban J connectivity index is 1.82. The van der Waals surface area contributed by atoms with Gasteiger partial charge in [-0.2, -0.15) is 0 Å². The summed E-state index contributed by atoms with van der Waals surface area (Å²) in [5, 5.41) is 10.7. The lowest BCUT2D eigenvalue weighted by Gasteiger charge is -2.35. The number of rotatable bonds is 5. The molecule has 1 fully saturated rings. The zero-order valence-electron chi connectivity index (χ0n) is 15.3. The zero-order chi connectivity index (χ0) is 18.8. The van der Waals surface area contributed by atoms with Crippen LogP contribution in [-0.2, 0) is 0 Å². The molecule has 1 N–H and O–H groups in total. The lowest BCUT2D eigenvalue weighted by Crippen LogP contribution is -2.34. The summed E-state index contributed by atoms with van der Waals surface area (Å²) in [6.07, 6.45) is 4.23. The summed E-state index contributed by atoms with van der Waals surface area (Å²) in [4.78, 5) is 13.6. The molecule has 2 heterocycles. The van der Waals surface area contributed by atoms with Gasteiger partial charge in [0.2, 0.25) is 6.79 Å². The van der Waals surface area contributed by atoms with E-state index in [-0.39, 0.29) is 18.6 Å². The van der Waals surface area contributed by atoms with Crippen molar-refractivity contribution < 1.29 is 24.1 Å². The fourth-order valence-electron chi connectivity index (χ4n) is 3.92. The molecule has 1 saturated heterocycles. The summed E-state index contributed by atoms with van der Waals surface area (Å²) >= 11 is 0. The summed E-state index contributed by atoms with van der Waals surface area (Å²) in [6, 6.07) is 8.89. The largest absolute Gasteiger partial charge is 0.507 e. The lowest BCUT2D eigenvalue weighted by molar-refractivity contribution is 0.112. The topological polar surface area (TPSA) is 68.2 Å². The molecule has 6 nitrogen and oxygen atoms in total. The highest BCUT2D eigenvalue weighted by Gasteiger charge is 2.29. The van der Waals surface area contributed by atoms with E-state index >= 15 is 0 Å². The van der Waals surface area contributed by atoms with Crippen LogP contribution in [0.1, 0.15) is 46.8 Å². The van der Waals surface area contributed by atoms with Gasteiger partial charge in [-0.3, -0.25) is 9.69 Å². The number of hydrogen-bond donors (Lipinski definition) is 1. The number of nitrogens with zero attached hydrogens (tertiary/aromatic N) is 1. The Bertz CT molecular complexity index is 845. The van der Waals surface area contributed by atoms with E-state index in [0.717, 1.165) is 43.3 Å². The molecule has 0 radical (unpaired) electrons. The van der Waals surface area contributed by atoms with E-state index in [1.807, 2.05) is 18.2 Å². The first-order chi connectivity index (χ1) is 13.2. The van der Waals surface area contributed by atoms with E-state index in [2.05, 4.69) is 4.90 Å². The predicted molar refractivity (Wildman–Crippen MR) is 99.9 cm³/mol. The first-order valence-corrected chi connectivity index (χ1v) is 9.21. The van der Waals surface area contributed by atoms with Crippen LogP contribution in [0.3, 0.4) is 0 Å². The van der Waals surface area contributed by atoms with Crippen molar-refractivity contribution in [2.24, 2.45) is 0 Å². The van der Waals surface area contributed by atoms with Gasteiger partial charge in [0.25, 0.3) is 0 Å². The van der Waals surface area contributed by atoms with Crippen LogP contribution in [0.15, 0.2) is 30.3 Å². The van der Waals surface area contributed by atoms with Crippen LogP contribution in [0.2, 0.25) is 0 Å². The van der Waals surface area contributed by atoms with Crippen LogP contribution >= 0.6 is 0 Å². The molecular formula is C21H23NO5. The monoisotopic (exact) mass is 369 g/mol. The third-order valence-electron chi connectivity index (χ3n) is 5.27. The first-order valence-electron chi connectivity index (χ1n) is 9.21. The van der Waals surface area contributed by atoms with Crippen LogP contribution in [-0.4, -0.2) is 43.3 Å². The number of piperidine rings is 1. The number of carbonyl (C=O) groups is 1. The molecule has 2 aliphatic rings. The number of phenols is 1. The van der Waals surface area contributed by atoms with Gasteiger partial charge >= 0.3 is 0 Å². The number of benzene rings is 2. The Morgan fingerprint density at radius 2 is 1.85 bits per heavy atom. The van der Waals surface area contributed by atoms with Gasteiger partial charge in [-0.15, -0.1) is 0 Å². The van der Waals surface area contributed by atoms with Gasteiger partial charge in [0, 0.05) is 11.6 Å². The smallest absolute Gasteiger partial charge is 0.231 e. The van der Waals surface area contributed by atoms with Crippen molar-refractivity contribution in [2.45, 2.75) is 25.3 Å². The average Bonchev–Trinajstić information content (AvgIpc) is 3.16. The van der Waals surface area contributed by atoms with Crippen molar-refractivity contribution in [1.29, 1.82) is 0 Å². The fraction of sp³-hybridized carbons (Fsp3) is 0.381. The molecule has 0 aliphatic carbocycles. The van der Waals surface area contributed by atoms with Crippen molar-refractivity contribution in [3.8, 4) is 23.0 Å². The Kier molecular flexibility index (Phi) is 4.90. The molecule has 142 valence electrons. The Hall–Kier alpha value is -2.73. The van der Waals surface area contributed by atoms with Gasteiger partial charge in [0.15, 0.2) is 17.8 Å². The number of hydrogen-bond acceptors (Lipinski definition) is 6. The molecule has 0 amide bonds.